The first-order valence-electron chi connectivity index (χ1n) is 11.4. The molecule has 2 fully saturated rings. The molecule has 1 spiro atoms. The van der Waals surface area contributed by atoms with Crippen molar-refractivity contribution in [3.63, 3.8) is 0 Å². The minimum Gasteiger partial charge on any atom is -0.334 e. The van der Waals surface area contributed by atoms with Crippen molar-refractivity contribution in [1.82, 2.24) is 14.9 Å². The van der Waals surface area contributed by atoms with E-state index in [4.69, 9.17) is 5.26 Å². The predicted molar refractivity (Wildman–Crippen MR) is 128 cm³/mol. The van der Waals surface area contributed by atoms with E-state index in [1.54, 1.807) is 30.0 Å². The molecule has 2 aliphatic rings. The molecule has 34 heavy (non-hydrogen) atoms. The molecule has 2 amide bonds. The summed E-state index contributed by atoms with van der Waals surface area (Å²) in [5, 5.41) is 11.8. The zero-order chi connectivity index (χ0) is 24.5. The molecule has 1 heterocycles. The summed E-state index contributed by atoms with van der Waals surface area (Å²) in [6.07, 6.45) is 3.02. The Morgan fingerprint density at radius 2 is 1.94 bits per heavy atom. The average Bonchev–Trinajstić information content (AvgIpc) is 3.50. The Morgan fingerprint density at radius 1 is 1.24 bits per heavy atom. The second-order valence-corrected chi connectivity index (χ2v) is 11.3. The highest BCUT2D eigenvalue weighted by atomic mass is 32.2. The number of carbonyl (C=O) groups is 1. The van der Waals surface area contributed by atoms with E-state index in [-0.39, 0.29) is 36.1 Å². The van der Waals surface area contributed by atoms with Gasteiger partial charge in [0.15, 0.2) is 0 Å². The molecule has 0 radical (unpaired) electrons. The summed E-state index contributed by atoms with van der Waals surface area (Å²) >= 11 is 0. The molecule has 1 saturated heterocycles. The molecular formula is C25H29FN4O3S. The van der Waals surface area contributed by atoms with Gasteiger partial charge in [-0.15, -0.1) is 0 Å². The van der Waals surface area contributed by atoms with E-state index < -0.39 is 22.1 Å². The molecule has 1 saturated carbocycles. The number of nitrogens with one attached hydrogen (secondary N) is 2. The molecule has 9 heteroatoms. The van der Waals surface area contributed by atoms with Crippen molar-refractivity contribution in [3.05, 3.63) is 59.9 Å². The minimum atomic E-state index is -3.55. The highest BCUT2D eigenvalue weighted by molar-refractivity contribution is 7.88. The van der Waals surface area contributed by atoms with E-state index in [9.17, 15) is 13.2 Å². The maximum Gasteiger partial charge on any atom is 0.317 e. The smallest absolute Gasteiger partial charge is 0.317 e. The molecule has 3 atom stereocenters. The van der Waals surface area contributed by atoms with E-state index in [1.165, 1.54) is 0 Å². The zero-order valence-corrected chi connectivity index (χ0v) is 20.1. The Labute approximate surface area is 200 Å². The number of nitrogens with zero attached hydrogens (tertiary/aromatic N) is 2. The van der Waals surface area contributed by atoms with Crippen LogP contribution in [0.1, 0.15) is 31.7 Å². The van der Waals surface area contributed by atoms with Crippen LogP contribution < -0.4 is 10.0 Å². The highest BCUT2D eigenvalue weighted by Gasteiger charge is 2.61. The third kappa shape index (κ3) is 5.08. The summed E-state index contributed by atoms with van der Waals surface area (Å²) in [5.74, 6) is -0.373. The number of hydrogen-bond donors (Lipinski definition) is 2. The van der Waals surface area contributed by atoms with Crippen LogP contribution in [0, 0.1) is 22.6 Å². The second kappa shape index (κ2) is 9.35. The number of carbonyl (C=O) groups excluding carboxylic acids is 1. The lowest BCUT2D eigenvalue weighted by atomic mass is 9.91. The highest BCUT2D eigenvalue weighted by Crippen LogP contribution is 2.55. The minimum absolute atomic E-state index is 0.161. The monoisotopic (exact) mass is 484 g/mol. The fourth-order valence-electron chi connectivity index (χ4n) is 4.94. The largest absolute Gasteiger partial charge is 0.334 e. The Balaban J connectivity index is 1.68. The number of amides is 2. The standard InChI is InChI=1S/C25H29FN4O3S/c1-17(11-14-27)28-24(31)30-16-25(12-13-25)23(29-34(2,32)33)21(30)15-19-9-6-10-20(22(19)26)18-7-4-3-5-8-18/h3-10,17,21,23,29H,11-13,15-16H2,1-2H3,(H,28,31)/t17-,21-,23+/m0/s1. The van der Waals surface area contributed by atoms with E-state index in [2.05, 4.69) is 10.0 Å². The van der Waals surface area contributed by atoms with Crippen molar-refractivity contribution in [2.45, 2.75) is 50.7 Å². The number of urea groups is 1. The number of benzene rings is 2. The van der Waals surface area contributed by atoms with Crippen LogP contribution in [0.25, 0.3) is 11.1 Å². The summed E-state index contributed by atoms with van der Waals surface area (Å²) in [4.78, 5) is 14.8. The van der Waals surface area contributed by atoms with Gasteiger partial charge in [-0.2, -0.15) is 5.26 Å². The second-order valence-electron chi connectivity index (χ2n) is 9.49. The average molecular weight is 485 g/mol. The lowest BCUT2D eigenvalue weighted by Crippen LogP contribution is -2.52. The molecule has 0 bridgehead atoms. The van der Waals surface area contributed by atoms with Crippen molar-refractivity contribution in [1.29, 1.82) is 5.26 Å². The van der Waals surface area contributed by atoms with Gasteiger partial charge in [-0.1, -0.05) is 48.5 Å². The van der Waals surface area contributed by atoms with Crippen molar-refractivity contribution in [2.75, 3.05) is 12.8 Å². The Kier molecular flexibility index (Phi) is 6.65. The van der Waals surface area contributed by atoms with Crippen LogP contribution in [0.4, 0.5) is 9.18 Å². The quantitative estimate of drug-likeness (QED) is 0.629. The summed E-state index contributed by atoms with van der Waals surface area (Å²) < 4.78 is 42.8. The fraction of sp³-hybridized carbons (Fsp3) is 0.440. The van der Waals surface area contributed by atoms with Crippen LogP contribution in [0.3, 0.4) is 0 Å². The van der Waals surface area contributed by atoms with Crippen LogP contribution in [0.2, 0.25) is 0 Å². The lowest BCUT2D eigenvalue weighted by molar-refractivity contribution is 0.185. The molecule has 0 aromatic heterocycles. The lowest BCUT2D eigenvalue weighted by Gasteiger charge is -2.30. The number of likely N-dealkylation sites (tertiary alicyclic amines) is 1. The molecular weight excluding hydrogens is 455 g/mol. The van der Waals surface area contributed by atoms with Crippen LogP contribution in [-0.4, -0.2) is 50.3 Å². The maximum absolute atomic E-state index is 15.6. The van der Waals surface area contributed by atoms with Crippen LogP contribution in [0.15, 0.2) is 48.5 Å². The zero-order valence-electron chi connectivity index (χ0n) is 19.3. The SMILES string of the molecule is C[C@@H](CC#N)NC(=O)N1CC2(CC2)[C@H](NS(C)(=O)=O)[C@@H]1Cc1cccc(-c2ccccc2)c1F. The van der Waals surface area contributed by atoms with Gasteiger partial charge in [0, 0.05) is 29.6 Å². The first-order chi connectivity index (χ1) is 16.1. The van der Waals surface area contributed by atoms with Crippen molar-refractivity contribution < 1.29 is 17.6 Å². The number of nitriles is 1. The van der Waals surface area contributed by atoms with Gasteiger partial charge in [0.1, 0.15) is 5.82 Å². The van der Waals surface area contributed by atoms with Crippen LogP contribution >= 0.6 is 0 Å². The maximum atomic E-state index is 15.6. The molecule has 0 unspecified atom stereocenters. The first kappa shape index (κ1) is 24.2. The summed E-state index contributed by atoms with van der Waals surface area (Å²) in [6.45, 7) is 2.13. The third-order valence-electron chi connectivity index (χ3n) is 6.78. The fourth-order valence-corrected chi connectivity index (χ4v) is 5.81. The normalized spacial score (nSPS) is 21.8. The van der Waals surface area contributed by atoms with Gasteiger partial charge in [0.25, 0.3) is 0 Å². The molecule has 2 aromatic carbocycles. The first-order valence-corrected chi connectivity index (χ1v) is 13.3. The Morgan fingerprint density at radius 3 is 2.56 bits per heavy atom. The number of hydrogen-bond acceptors (Lipinski definition) is 4. The summed E-state index contributed by atoms with van der Waals surface area (Å²) in [5.41, 5.74) is 1.28. The van der Waals surface area contributed by atoms with Gasteiger partial charge < -0.3 is 10.2 Å². The molecule has 1 aliphatic heterocycles. The van der Waals surface area contributed by atoms with Gasteiger partial charge in [0.2, 0.25) is 10.0 Å². The van der Waals surface area contributed by atoms with Crippen molar-refractivity contribution in [3.8, 4) is 17.2 Å². The number of halogens is 1. The Bertz CT molecular complexity index is 1210. The third-order valence-corrected chi connectivity index (χ3v) is 7.47. The van der Waals surface area contributed by atoms with Gasteiger partial charge in [0.05, 0.1) is 24.8 Å². The van der Waals surface area contributed by atoms with Crippen LogP contribution in [0.5, 0.6) is 0 Å². The molecule has 7 nitrogen and oxygen atoms in total. The van der Waals surface area contributed by atoms with E-state index in [0.717, 1.165) is 24.7 Å². The number of sulfonamides is 1. The van der Waals surface area contributed by atoms with Gasteiger partial charge >= 0.3 is 6.03 Å². The van der Waals surface area contributed by atoms with E-state index >= 15 is 4.39 Å². The molecule has 180 valence electrons. The van der Waals surface area contributed by atoms with Crippen LogP contribution in [-0.2, 0) is 16.4 Å². The molecule has 2 aromatic rings. The van der Waals surface area contributed by atoms with E-state index in [0.29, 0.717) is 17.7 Å². The van der Waals surface area contributed by atoms with Crippen molar-refractivity contribution in [2.24, 2.45) is 5.41 Å². The summed E-state index contributed by atoms with van der Waals surface area (Å²) in [7, 11) is -3.55. The number of rotatable bonds is 7. The Hall–Kier alpha value is -2.96. The molecule has 2 N–H and O–H groups in total. The van der Waals surface area contributed by atoms with Gasteiger partial charge in [-0.05, 0) is 37.3 Å². The van der Waals surface area contributed by atoms with Gasteiger partial charge in [-0.3, -0.25) is 0 Å². The predicted octanol–water partition coefficient (Wildman–Crippen LogP) is 3.43. The molecule has 1 aliphatic carbocycles. The molecule has 4 rings (SSSR count). The summed E-state index contributed by atoms with van der Waals surface area (Å²) in [6, 6.07) is 14.6. The van der Waals surface area contributed by atoms with Crippen molar-refractivity contribution >= 4 is 16.1 Å². The van der Waals surface area contributed by atoms with Gasteiger partial charge in [-0.25, -0.2) is 22.3 Å². The topological polar surface area (TPSA) is 102 Å². The van der Waals surface area contributed by atoms with E-state index in [1.807, 2.05) is 36.4 Å².